The van der Waals surface area contributed by atoms with E-state index in [0.717, 1.165) is 5.56 Å². The first-order valence-corrected chi connectivity index (χ1v) is 7.72. The molecule has 5 heteroatoms. The molecule has 124 valence electrons. The summed E-state index contributed by atoms with van der Waals surface area (Å²) in [5.41, 5.74) is 0.281. The van der Waals surface area contributed by atoms with Gasteiger partial charge in [0.25, 0.3) is 0 Å². The molecule has 5 nitrogen and oxygen atoms in total. The van der Waals surface area contributed by atoms with E-state index in [9.17, 15) is 9.59 Å². The second kappa shape index (κ2) is 7.31. The Labute approximate surface area is 136 Å². The van der Waals surface area contributed by atoms with Crippen LogP contribution < -0.4 is 0 Å². The second-order valence-electron chi connectivity index (χ2n) is 6.47. The minimum Gasteiger partial charge on any atom is -0.457 e. The van der Waals surface area contributed by atoms with Crippen molar-refractivity contribution >= 4 is 12.1 Å². The fourth-order valence-corrected chi connectivity index (χ4v) is 2.19. The normalized spacial score (nSPS) is 15.3. The lowest BCUT2D eigenvalue weighted by molar-refractivity contribution is -0.165. The molecule has 0 aliphatic carbocycles. The first-order chi connectivity index (χ1) is 10.8. The zero-order valence-electron chi connectivity index (χ0n) is 13.8. The number of ether oxygens (including phenoxy) is 2. The van der Waals surface area contributed by atoms with E-state index in [1.165, 1.54) is 4.90 Å². The van der Waals surface area contributed by atoms with Crippen molar-refractivity contribution in [3.05, 3.63) is 48.0 Å². The van der Waals surface area contributed by atoms with E-state index in [4.69, 9.17) is 9.47 Å². The molecule has 0 saturated carbocycles. The first kappa shape index (κ1) is 17.1. The van der Waals surface area contributed by atoms with Gasteiger partial charge in [-0.2, -0.15) is 0 Å². The molecule has 0 unspecified atom stereocenters. The van der Waals surface area contributed by atoms with E-state index in [1.807, 2.05) is 42.5 Å². The Kier molecular flexibility index (Phi) is 5.42. The van der Waals surface area contributed by atoms with Crippen molar-refractivity contribution in [2.75, 3.05) is 13.1 Å². The van der Waals surface area contributed by atoms with Crippen LogP contribution in [0.25, 0.3) is 0 Å². The van der Waals surface area contributed by atoms with E-state index in [-0.39, 0.29) is 0 Å². The van der Waals surface area contributed by atoms with Gasteiger partial charge in [-0.3, -0.25) is 0 Å². The quantitative estimate of drug-likeness (QED) is 0.633. The number of nitrogens with zero attached hydrogens (tertiary/aromatic N) is 1. The molecule has 2 rings (SSSR count). The van der Waals surface area contributed by atoms with Gasteiger partial charge < -0.3 is 14.4 Å². The van der Waals surface area contributed by atoms with Crippen LogP contribution in [0.1, 0.15) is 26.3 Å². The van der Waals surface area contributed by atoms with Crippen LogP contribution in [0.3, 0.4) is 0 Å². The van der Waals surface area contributed by atoms with E-state index < -0.39 is 23.8 Å². The highest BCUT2D eigenvalue weighted by molar-refractivity contribution is 5.79. The lowest BCUT2D eigenvalue weighted by atomic mass is 10.1. The smallest absolute Gasteiger partial charge is 0.411 e. The zero-order valence-corrected chi connectivity index (χ0v) is 13.8. The summed E-state index contributed by atoms with van der Waals surface area (Å²) < 4.78 is 10.8. The predicted octanol–water partition coefficient (Wildman–Crippen LogP) is 2.95. The highest BCUT2D eigenvalue weighted by Crippen LogP contribution is 2.15. The molecule has 0 aromatic heterocycles. The van der Waals surface area contributed by atoms with Crippen LogP contribution in [-0.2, 0) is 20.7 Å². The second-order valence-corrected chi connectivity index (χ2v) is 6.47. The summed E-state index contributed by atoms with van der Waals surface area (Å²) >= 11 is 0. The zero-order chi connectivity index (χ0) is 16.9. The van der Waals surface area contributed by atoms with Gasteiger partial charge in [0.2, 0.25) is 6.10 Å². The van der Waals surface area contributed by atoms with Crippen LogP contribution >= 0.6 is 0 Å². The fraction of sp³-hybridized carbons (Fsp3) is 0.444. The van der Waals surface area contributed by atoms with Crippen molar-refractivity contribution < 1.29 is 19.1 Å². The highest BCUT2D eigenvalue weighted by atomic mass is 16.6. The molecule has 0 fully saturated rings. The Morgan fingerprint density at radius 3 is 2.30 bits per heavy atom. The van der Waals surface area contributed by atoms with Crippen LogP contribution in [0.4, 0.5) is 4.79 Å². The van der Waals surface area contributed by atoms with Gasteiger partial charge in [-0.25, -0.2) is 9.59 Å². The Bertz CT molecular complexity index is 566. The van der Waals surface area contributed by atoms with Gasteiger partial charge in [-0.1, -0.05) is 42.5 Å². The lowest BCUT2D eigenvalue weighted by Crippen LogP contribution is -2.40. The number of amides is 1. The maximum Gasteiger partial charge on any atom is 0.411 e. The highest BCUT2D eigenvalue weighted by Gasteiger charge is 2.30. The number of rotatable bonds is 4. The van der Waals surface area contributed by atoms with Crippen molar-refractivity contribution in [1.82, 2.24) is 4.90 Å². The molecule has 1 aliphatic heterocycles. The Morgan fingerprint density at radius 2 is 1.74 bits per heavy atom. The minimum atomic E-state index is -0.954. The summed E-state index contributed by atoms with van der Waals surface area (Å²) in [7, 11) is 0. The molecule has 0 spiro atoms. The maximum absolute atomic E-state index is 12.4. The van der Waals surface area contributed by atoms with E-state index in [2.05, 4.69) is 0 Å². The standard InChI is InChI=1S/C18H23NO4/c1-18(2,3)23-16(20)15(13-14-9-5-4-6-10-14)22-17(21)19-11-7-8-12-19/h4-10,15H,11-13H2,1-3H3/t15-/m1/s1. The lowest BCUT2D eigenvalue weighted by Gasteiger charge is -2.25. The average Bonchev–Trinajstić information content (AvgIpc) is 3.00. The van der Waals surface area contributed by atoms with E-state index >= 15 is 0 Å². The molecule has 0 saturated heterocycles. The maximum atomic E-state index is 12.4. The number of carbonyl (C=O) groups is 2. The summed E-state index contributed by atoms with van der Waals surface area (Å²) in [6.07, 6.45) is 2.62. The molecule has 0 radical (unpaired) electrons. The third kappa shape index (κ3) is 5.43. The summed E-state index contributed by atoms with van der Waals surface area (Å²) in [6.45, 7) is 6.38. The van der Waals surface area contributed by atoms with E-state index in [0.29, 0.717) is 19.5 Å². The molecule has 1 amide bonds. The van der Waals surface area contributed by atoms with Gasteiger partial charge in [-0.15, -0.1) is 0 Å². The Morgan fingerprint density at radius 1 is 1.13 bits per heavy atom. The third-order valence-corrected chi connectivity index (χ3v) is 3.25. The van der Waals surface area contributed by atoms with Crippen LogP contribution in [0, 0.1) is 0 Å². The molecular weight excluding hydrogens is 294 g/mol. The molecule has 1 aromatic carbocycles. The SMILES string of the molecule is CC(C)(C)OC(=O)[C@@H](Cc1ccccc1)OC(=O)N1CC=CC1. The van der Waals surface area contributed by atoms with Gasteiger partial charge in [0, 0.05) is 19.5 Å². The van der Waals surface area contributed by atoms with Gasteiger partial charge in [0.1, 0.15) is 5.60 Å². The molecule has 1 aromatic rings. The van der Waals surface area contributed by atoms with Crippen molar-refractivity contribution in [2.45, 2.75) is 38.9 Å². The van der Waals surface area contributed by atoms with E-state index in [1.54, 1.807) is 20.8 Å². The molecule has 1 atom stereocenters. The number of esters is 1. The largest absolute Gasteiger partial charge is 0.457 e. The summed E-state index contributed by atoms with van der Waals surface area (Å²) in [6, 6.07) is 9.44. The van der Waals surface area contributed by atoms with Crippen LogP contribution in [0.2, 0.25) is 0 Å². The van der Waals surface area contributed by atoms with Gasteiger partial charge in [0.15, 0.2) is 0 Å². The molecule has 1 aliphatic rings. The van der Waals surface area contributed by atoms with Gasteiger partial charge >= 0.3 is 12.1 Å². The number of hydrogen-bond acceptors (Lipinski definition) is 4. The van der Waals surface area contributed by atoms with Crippen molar-refractivity contribution in [2.24, 2.45) is 0 Å². The molecule has 1 heterocycles. The van der Waals surface area contributed by atoms with Crippen LogP contribution in [0.5, 0.6) is 0 Å². The Balaban J connectivity index is 2.06. The number of carbonyl (C=O) groups excluding carboxylic acids is 2. The van der Waals surface area contributed by atoms with Crippen molar-refractivity contribution in [3.8, 4) is 0 Å². The minimum absolute atomic E-state index is 0.294. The monoisotopic (exact) mass is 317 g/mol. The topological polar surface area (TPSA) is 55.8 Å². The first-order valence-electron chi connectivity index (χ1n) is 7.72. The fourth-order valence-electron chi connectivity index (χ4n) is 2.19. The van der Waals surface area contributed by atoms with Crippen molar-refractivity contribution in [1.29, 1.82) is 0 Å². The van der Waals surface area contributed by atoms with Gasteiger partial charge in [-0.05, 0) is 26.3 Å². The third-order valence-electron chi connectivity index (χ3n) is 3.25. The molecular formula is C18H23NO4. The Hall–Kier alpha value is -2.30. The summed E-state index contributed by atoms with van der Waals surface area (Å²) in [4.78, 5) is 26.1. The van der Waals surface area contributed by atoms with Crippen LogP contribution in [-0.4, -0.2) is 41.8 Å². The average molecular weight is 317 g/mol. The number of hydrogen-bond donors (Lipinski definition) is 0. The van der Waals surface area contributed by atoms with Crippen LogP contribution in [0.15, 0.2) is 42.5 Å². The number of benzene rings is 1. The van der Waals surface area contributed by atoms with Gasteiger partial charge in [0.05, 0.1) is 0 Å². The molecule has 0 bridgehead atoms. The predicted molar refractivity (Wildman–Crippen MR) is 87.0 cm³/mol. The van der Waals surface area contributed by atoms with Crippen molar-refractivity contribution in [3.63, 3.8) is 0 Å². The molecule has 0 N–H and O–H groups in total. The summed E-state index contributed by atoms with van der Waals surface area (Å²) in [5, 5.41) is 0. The summed E-state index contributed by atoms with van der Waals surface area (Å²) in [5.74, 6) is -0.526. The molecule has 23 heavy (non-hydrogen) atoms.